The molecule has 0 amide bonds. The molecular formula is C9H14O2. The zero-order valence-electron chi connectivity index (χ0n) is 7.00. The van der Waals surface area contributed by atoms with Gasteiger partial charge in [-0.05, 0) is 12.3 Å². The molecule has 0 radical (unpaired) electrons. The molecule has 1 N–H and O–H groups in total. The van der Waals surface area contributed by atoms with Crippen molar-refractivity contribution in [3.8, 4) is 0 Å². The summed E-state index contributed by atoms with van der Waals surface area (Å²) in [7, 11) is 0. The first-order valence-electron chi connectivity index (χ1n) is 3.61. The van der Waals surface area contributed by atoms with Gasteiger partial charge in [0.1, 0.15) is 0 Å². The number of hydrogen-bond donors (Lipinski definition) is 1. The lowest BCUT2D eigenvalue weighted by Crippen LogP contribution is -1.90. The van der Waals surface area contributed by atoms with Crippen LogP contribution in [-0.4, -0.2) is 11.1 Å². The predicted octanol–water partition coefficient (Wildman–Crippen LogP) is 2.23. The molecule has 2 nitrogen and oxygen atoms in total. The molecule has 0 aromatic rings. The molecule has 0 aromatic heterocycles. The lowest BCUT2D eigenvalue weighted by molar-refractivity contribution is -0.131. The summed E-state index contributed by atoms with van der Waals surface area (Å²) in [6, 6.07) is 0. The second-order valence-corrected chi connectivity index (χ2v) is 2.93. The molecule has 0 saturated carbocycles. The van der Waals surface area contributed by atoms with Crippen LogP contribution in [0.3, 0.4) is 0 Å². The van der Waals surface area contributed by atoms with Crippen LogP contribution in [0.1, 0.15) is 20.3 Å². The van der Waals surface area contributed by atoms with E-state index in [-0.39, 0.29) is 0 Å². The standard InChI is InChI=1S/C9H14O2/c1-7(2)6-8(3)4-5-9(10)11/h4-5,7H,3,6H2,1-2H3,(H,10,11). The van der Waals surface area contributed by atoms with Gasteiger partial charge in [-0.2, -0.15) is 0 Å². The Balaban J connectivity index is 3.78. The zero-order valence-corrected chi connectivity index (χ0v) is 7.00. The first kappa shape index (κ1) is 9.95. The molecule has 0 heterocycles. The minimum Gasteiger partial charge on any atom is -0.478 e. The average molecular weight is 154 g/mol. The fourth-order valence-electron chi connectivity index (χ4n) is 0.782. The van der Waals surface area contributed by atoms with Crippen LogP contribution in [0.25, 0.3) is 0 Å². The van der Waals surface area contributed by atoms with Gasteiger partial charge in [-0.15, -0.1) is 0 Å². The minimum atomic E-state index is -0.921. The van der Waals surface area contributed by atoms with Crippen LogP contribution in [0.5, 0.6) is 0 Å². The van der Waals surface area contributed by atoms with Crippen LogP contribution in [-0.2, 0) is 4.79 Å². The SMILES string of the molecule is C=C(C=CC(=O)O)CC(C)C. The van der Waals surface area contributed by atoms with E-state index in [1.54, 1.807) is 6.08 Å². The molecule has 62 valence electrons. The predicted molar refractivity (Wildman–Crippen MR) is 45.4 cm³/mol. The number of carbonyl (C=O) groups is 1. The van der Waals surface area contributed by atoms with E-state index in [4.69, 9.17) is 5.11 Å². The molecule has 0 atom stereocenters. The lowest BCUT2D eigenvalue weighted by Gasteiger charge is -2.01. The highest BCUT2D eigenvalue weighted by Crippen LogP contribution is 2.08. The molecule has 2 heteroatoms. The first-order chi connectivity index (χ1) is 5.02. The third kappa shape index (κ3) is 6.84. The summed E-state index contributed by atoms with van der Waals surface area (Å²) in [4.78, 5) is 10.1. The van der Waals surface area contributed by atoms with Gasteiger partial charge in [0.2, 0.25) is 0 Å². The molecule has 0 saturated heterocycles. The molecule has 0 bridgehead atoms. The number of rotatable bonds is 4. The van der Waals surface area contributed by atoms with Crippen LogP contribution >= 0.6 is 0 Å². The summed E-state index contributed by atoms with van der Waals surface area (Å²) in [5.41, 5.74) is 0.863. The van der Waals surface area contributed by atoms with Gasteiger partial charge in [0.15, 0.2) is 0 Å². The summed E-state index contributed by atoms with van der Waals surface area (Å²) in [5, 5.41) is 8.27. The molecule has 0 aliphatic rings. The molecule has 0 fully saturated rings. The van der Waals surface area contributed by atoms with Crippen LogP contribution in [0, 0.1) is 5.92 Å². The second kappa shape index (κ2) is 4.72. The Morgan fingerprint density at radius 3 is 2.45 bits per heavy atom. The molecule has 0 rings (SSSR count). The van der Waals surface area contributed by atoms with Gasteiger partial charge in [-0.1, -0.05) is 32.1 Å². The smallest absolute Gasteiger partial charge is 0.328 e. The fourth-order valence-corrected chi connectivity index (χ4v) is 0.782. The van der Waals surface area contributed by atoms with Gasteiger partial charge in [0.05, 0.1) is 0 Å². The van der Waals surface area contributed by atoms with Crippen LogP contribution < -0.4 is 0 Å². The maximum atomic E-state index is 10.1. The Morgan fingerprint density at radius 1 is 1.55 bits per heavy atom. The maximum absolute atomic E-state index is 10.1. The van der Waals surface area contributed by atoms with Crippen molar-refractivity contribution in [2.24, 2.45) is 5.92 Å². The van der Waals surface area contributed by atoms with Crippen molar-refractivity contribution in [3.63, 3.8) is 0 Å². The first-order valence-corrected chi connectivity index (χ1v) is 3.61. The molecule has 0 aliphatic heterocycles. The van der Waals surface area contributed by atoms with Crippen molar-refractivity contribution < 1.29 is 9.90 Å². The minimum absolute atomic E-state index is 0.529. The van der Waals surface area contributed by atoms with Crippen molar-refractivity contribution in [2.75, 3.05) is 0 Å². The van der Waals surface area contributed by atoms with Crippen LogP contribution in [0.2, 0.25) is 0 Å². The Hall–Kier alpha value is -1.05. The van der Waals surface area contributed by atoms with Gasteiger partial charge in [-0.3, -0.25) is 0 Å². The molecule has 0 spiro atoms. The lowest BCUT2D eigenvalue weighted by atomic mass is 10.0. The van der Waals surface area contributed by atoms with E-state index >= 15 is 0 Å². The Labute approximate surface area is 67.2 Å². The Kier molecular flexibility index (Phi) is 4.27. The molecule has 0 aromatic carbocycles. The number of hydrogen-bond acceptors (Lipinski definition) is 1. The number of carboxylic acid groups (broad SMARTS) is 1. The molecular weight excluding hydrogens is 140 g/mol. The summed E-state index contributed by atoms with van der Waals surface area (Å²) < 4.78 is 0. The Morgan fingerprint density at radius 2 is 2.09 bits per heavy atom. The van der Waals surface area contributed by atoms with Gasteiger partial charge in [0.25, 0.3) is 0 Å². The fraction of sp³-hybridized carbons (Fsp3) is 0.444. The number of carboxylic acids is 1. The van der Waals surface area contributed by atoms with Crippen LogP contribution in [0.4, 0.5) is 0 Å². The topological polar surface area (TPSA) is 37.3 Å². The highest BCUT2D eigenvalue weighted by molar-refractivity contribution is 5.80. The third-order valence-corrected chi connectivity index (χ3v) is 1.13. The molecule has 11 heavy (non-hydrogen) atoms. The largest absolute Gasteiger partial charge is 0.478 e. The monoisotopic (exact) mass is 154 g/mol. The summed E-state index contributed by atoms with van der Waals surface area (Å²) in [6.07, 6.45) is 3.51. The van der Waals surface area contributed by atoms with Gasteiger partial charge in [0, 0.05) is 6.08 Å². The maximum Gasteiger partial charge on any atom is 0.328 e. The molecule has 0 aliphatic carbocycles. The van der Waals surface area contributed by atoms with Crippen LogP contribution in [0.15, 0.2) is 24.3 Å². The van der Waals surface area contributed by atoms with E-state index in [1.165, 1.54) is 0 Å². The van der Waals surface area contributed by atoms with Crippen molar-refractivity contribution in [3.05, 3.63) is 24.3 Å². The highest BCUT2D eigenvalue weighted by atomic mass is 16.4. The number of allylic oxidation sites excluding steroid dienone is 2. The quantitative estimate of drug-likeness (QED) is 0.498. The van der Waals surface area contributed by atoms with E-state index in [0.29, 0.717) is 5.92 Å². The summed E-state index contributed by atoms with van der Waals surface area (Å²) >= 11 is 0. The normalized spacial score (nSPS) is 10.8. The third-order valence-electron chi connectivity index (χ3n) is 1.13. The van der Waals surface area contributed by atoms with Gasteiger partial charge < -0.3 is 5.11 Å². The van der Waals surface area contributed by atoms with E-state index in [1.807, 2.05) is 0 Å². The van der Waals surface area contributed by atoms with Crippen molar-refractivity contribution >= 4 is 5.97 Å². The van der Waals surface area contributed by atoms with Crippen molar-refractivity contribution in [1.82, 2.24) is 0 Å². The van der Waals surface area contributed by atoms with Crippen molar-refractivity contribution in [1.29, 1.82) is 0 Å². The van der Waals surface area contributed by atoms with Gasteiger partial charge in [-0.25, -0.2) is 4.79 Å². The van der Waals surface area contributed by atoms with Gasteiger partial charge >= 0.3 is 5.97 Å². The summed E-state index contributed by atoms with van der Waals surface area (Å²) in [6.45, 7) is 7.86. The highest BCUT2D eigenvalue weighted by Gasteiger charge is 1.95. The zero-order chi connectivity index (χ0) is 8.85. The Bertz CT molecular complexity index is 178. The number of aliphatic carboxylic acids is 1. The second-order valence-electron chi connectivity index (χ2n) is 2.93. The van der Waals surface area contributed by atoms with E-state index in [0.717, 1.165) is 18.1 Å². The van der Waals surface area contributed by atoms with E-state index in [9.17, 15) is 4.79 Å². The van der Waals surface area contributed by atoms with E-state index < -0.39 is 5.97 Å². The molecule has 0 unspecified atom stereocenters. The average Bonchev–Trinajstić information content (AvgIpc) is 1.82. The summed E-state index contributed by atoms with van der Waals surface area (Å²) in [5.74, 6) is -0.393. The van der Waals surface area contributed by atoms with Crippen molar-refractivity contribution in [2.45, 2.75) is 20.3 Å². The van der Waals surface area contributed by atoms with E-state index in [2.05, 4.69) is 20.4 Å².